The predicted molar refractivity (Wildman–Crippen MR) is 42.8 cm³/mol. The highest BCUT2D eigenvalue weighted by Gasteiger charge is 2.01. The summed E-state index contributed by atoms with van der Waals surface area (Å²) in [6, 6.07) is 6.16. The van der Waals surface area contributed by atoms with Crippen molar-refractivity contribution >= 4 is 5.69 Å². The highest BCUT2D eigenvalue weighted by atomic mass is 16.5. The van der Waals surface area contributed by atoms with Gasteiger partial charge >= 0.3 is 0 Å². The molecule has 0 aliphatic rings. The standard InChI is InChI=1S/C8H10NO2/c1-10-7-4-3-6(9)5-8(7)11-2/h3,5H,9H2,1-2H3. The minimum absolute atomic E-state index is 0.571. The molecule has 59 valence electrons. The zero-order valence-electron chi connectivity index (χ0n) is 6.55. The summed E-state index contributed by atoms with van der Waals surface area (Å²) < 4.78 is 9.94. The van der Waals surface area contributed by atoms with E-state index >= 15 is 0 Å². The number of hydrogen-bond acceptors (Lipinski definition) is 3. The normalized spacial score (nSPS) is 9.27. The highest BCUT2D eigenvalue weighted by molar-refractivity contribution is 5.51. The van der Waals surface area contributed by atoms with Gasteiger partial charge in [0.15, 0.2) is 11.5 Å². The van der Waals surface area contributed by atoms with Crippen molar-refractivity contribution in [2.75, 3.05) is 20.0 Å². The van der Waals surface area contributed by atoms with Gasteiger partial charge in [-0.3, -0.25) is 0 Å². The zero-order valence-corrected chi connectivity index (χ0v) is 6.55. The first kappa shape index (κ1) is 7.72. The molecule has 0 saturated heterocycles. The summed E-state index contributed by atoms with van der Waals surface area (Å²) >= 11 is 0. The Morgan fingerprint density at radius 3 is 2.64 bits per heavy atom. The third-order valence-electron chi connectivity index (χ3n) is 1.32. The number of ether oxygens (including phenoxy) is 2. The lowest BCUT2D eigenvalue weighted by Gasteiger charge is -2.06. The van der Waals surface area contributed by atoms with Gasteiger partial charge in [-0.15, -0.1) is 0 Å². The summed E-state index contributed by atoms with van der Waals surface area (Å²) in [5.74, 6) is 1.18. The SMILES string of the molecule is COc1[c]cc(N)cc1OC. The lowest BCUT2D eigenvalue weighted by molar-refractivity contribution is 0.354. The molecule has 0 aromatic heterocycles. The largest absolute Gasteiger partial charge is 0.493 e. The third kappa shape index (κ3) is 1.55. The fourth-order valence-electron chi connectivity index (χ4n) is 0.790. The molecule has 0 aliphatic heterocycles. The van der Waals surface area contributed by atoms with Gasteiger partial charge in [0, 0.05) is 17.8 Å². The van der Waals surface area contributed by atoms with Crippen LogP contribution >= 0.6 is 0 Å². The van der Waals surface area contributed by atoms with Crippen LogP contribution in [0.4, 0.5) is 5.69 Å². The first-order valence-electron chi connectivity index (χ1n) is 3.17. The monoisotopic (exact) mass is 152 g/mol. The minimum Gasteiger partial charge on any atom is -0.493 e. The van der Waals surface area contributed by atoms with E-state index in [0.29, 0.717) is 17.2 Å². The van der Waals surface area contributed by atoms with Gasteiger partial charge in [0.1, 0.15) is 0 Å². The number of anilines is 1. The van der Waals surface area contributed by atoms with Crippen molar-refractivity contribution in [1.29, 1.82) is 0 Å². The zero-order chi connectivity index (χ0) is 8.27. The first-order chi connectivity index (χ1) is 5.27. The second-order valence-electron chi connectivity index (χ2n) is 2.03. The molecule has 11 heavy (non-hydrogen) atoms. The Morgan fingerprint density at radius 2 is 2.09 bits per heavy atom. The van der Waals surface area contributed by atoms with Gasteiger partial charge in [-0.1, -0.05) is 0 Å². The minimum atomic E-state index is 0.571. The summed E-state index contributed by atoms with van der Waals surface area (Å²) in [5.41, 5.74) is 6.10. The molecule has 0 amide bonds. The molecule has 0 atom stereocenters. The van der Waals surface area contributed by atoms with Crippen LogP contribution in [-0.4, -0.2) is 14.2 Å². The maximum atomic E-state index is 5.49. The van der Waals surface area contributed by atoms with Crippen molar-refractivity contribution < 1.29 is 9.47 Å². The Hall–Kier alpha value is -1.38. The Labute approximate surface area is 65.7 Å². The van der Waals surface area contributed by atoms with E-state index in [9.17, 15) is 0 Å². The van der Waals surface area contributed by atoms with Crippen molar-refractivity contribution in [2.24, 2.45) is 0 Å². The average Bonchev–Trinajstić information content (AvgIpc) is 2.04. The van der Waals surface area contributed by atoms with Crippen LogP contribution in [0.15, 0.2) is 12.1 Å². The lowest BCUT2D eigenvalue weighted by atomic mass is 10.3. The van der Waals surface area contributed by atoms with E-state index in [0.717, 1.165) is 0 Å². The second-order valence-corrected chi connectivity index (χ2v) is 2.03. The van der Waals surface area contributed by atoms with Crippen LogP contribution in [0.3, 0.4) is 0 Å². The Balaban J connectivity index is 3.06. The second kappa shape index (κ2) is 3.14. The molecule has 1 aromatic carbocycles. The van der Waals surface area contributed by atoms with Crippen LogP contribution in [0.5, 0.6) is 11.5 Å². The molecule has 1 rings (SSSR count). The Bertz CT molecular complexity index is 248. The molecular formula is C8H10NO2. The molecule has 1 aromatic rings. The summed E-state index contributed by atoms with van der Waals surface area (Å²) in [7, 11) is 3.12. The molecule has 3 heteroatoms. The molecule has 0 aliphatic carbocycles. The van der Waals surface area contributed by atoms with Crippen LogP contribution in [0.25, 0.3) is 0 Å². The number of nitrogen functional groups attached to an aromatic ring is 1. The quantitative estimate of drug-likeness (QED) is 0.645. The van der Waals surface area contributed by atoms with Crippen LogP contribution in [0, 0.1) is 6.07 Å². The van der Waals surface area contributed by atoms with Crippen LogP contribution in [0.2, 0.25) is 0 Å². The summed E-state index contributed by atoms with van der Waals surface area (Å²) in [5, 5.41) is 0. The molecular weight excluding hydrogens is 142 g/mol. The van der Waals surface area contributed by atoms with Gasteiger partial charge in [-0.05, 0) is 6.07 Å². The van der Waals surface area contributed by atoms with Crippen LogP contribution < -0.4 is 15.2 Å². The lowest BCUT2D eigenvalue weighted by Crippen LogP contribution is -1.92. The molecule has 0 heterocycles. The summed E-state index contributed by atoms with van der Waals surface area (Å²) in [6.45, 7) is 0. The number of methoxy groups -OCH3 is 2. The maximum absolute atomic E-state index is 5.49. The number of benzene rings is 1. The fraction of sp³-hybridized carbons (Fsp3) is 0.250. The average molecular weight is 152 g/mol. The molecule has 1 radical (unpaired) electrons. The van der Waals surface area contributed by atoms with Gasteiger partial charge < -0.3 is 15.2 Å². The van der Waals surface area contributed by atoms with E-state index < -0.39 is 0 Å². The van der Waals surface area contributed by atoms with E-state index in [1.54, 1.807) is 26.4 Å². The van der Waals surface area contributed by atoms with E-state index in [4.69, 9.17) is 15.2 Å². The van der Waals surface area contributed by atoms with E-state index in [2.05, 4.69) is 6.07 Å². The van der Waals surface area contributed by atoms with E-state index in [1.807, 2.05) is 0 Å². The predicted octanol–water partition coefficient (Wildman–Crippen LogP) is 1.09. The van der Waals surface area contributed by atoms with Gasteiger partial charge in [0.25, 0.3) is 0 Å². The van der Waals surface area contributed by atoms with Crippen molar-refractivity contribution in [1.82, 2.24) is 0 Å². The topological polar surface area (TPSA) is 44.5 Å². The fourth-order valence-corrected chi connectivity index (χ4v) is 0.790. The smallest absolute Gasteiger partial charge is 0.168 e. The van der Waals surface area contributed by atoms with Crippen molar-refractivity contribution in [3.8, 4) is 11.5 Å². The molecule has 0 unspecified atom stereocenters. The number of rotatable bonds is 2. The number of hydrogen-bond donors (Lipinski definition) is 1. The molecule has 0 bridgehead atoms. The van der Waals surface area contributed by atoms with Crippen molar-refractivity contribution in [3.63, 3.8) is 0 Å². The van der Waals surface area contributed by atoms with Crippen molar-refractivity contribution in [2.45, 2.75) is 0 Å². The summed E-state index contributed by atoms with van der Waals surface area (Å²) in [4.78, 5) is 0. The molecule has 0 saturated carbocycles. The molecule has 0 fully saturated rings. The van der Waals surface area contributed by atoms with Crippen LogP contribution in [-0.2, 0) is 0 Å². The van der Waals surface area contributed by atoms with E-state index in [1.165, 1.54) is 0 Å². The van der Waals surface area contributed by atoms with Crippen molar-refractivity contribution in [3.05, 3.63) is 18.2 Å². The Kier molecular flexibility index (Phi) is 2.21. The van der Waals surface area contributed by atoms with Crippen LogP contribution in [0.1, 0.15) is 0 Å². The van der Waals surface area contributed by atoms with Gasteiger partial charge in [-0.25, -0.2) is 0 Å². The van der Waals surface area contributed by atoms with Gasteiger partial charge in [-0.2, -0.15) is 0 Å². The maximum Gasteiger partial charge on any atom is 0.168 e. The van der Waals surface area contributed by atoms with Gasteiger partial charge in [0.2, 0.25) is 0 Å². The van der Waals surface area contributed by atoms with E-state index in [-0.39, 0.29) is 0 Å². The molecule has 2 N–H and O–H groups in total. The third-order valence-corrected chi connectivity index (χ3v) is 1.32. The number of nitrogens with two attached hydrogens (primary N) is 1. The molecule has 0 spiro atoms. The van der Waals surface area contributed by atoms with Gasteiger partial charge in [0.05, 0.1) is 14.2 Å². The Morgan fingerprint density at radius 1 is 1.36 bits per heavy atom. The first-order valence-corrected chi connectivity index (χ1v) is 3.17. The molecule has 3 nitrogen and oxygen atoms in total. The highest BCUT2D eigenvalue weighted by Crippen LogP contribution is 2.27. The summed E-state index contributed by atoms with van der Waals surface area (Å²) in [6.07, 6.45) is 0.